The quantitative estimate of drug-likeness (QED) is 0.738. The number of nitrogens with zero attached hydrogens (tertiary/aromatic N) is 1. The lowest BCUT2D eigenvalue weighted by Crippen LogP contribution is -2.00. The SMILES string of the molecule is Oc1ccnc2cc(C(F)(F)F)sc12. The molecule has 2 nitrogen and oxygen atoms in total. The Labute approximate surface area is 80.6 Å². The predicted molar refractivity (Wildman–Crippen MR) is 46.3 cm³/mol. The third-order valence-electron chi connectivity index (χ3n) is 1.67. The number of rotatable bonds is 0. The summed E-state index contributed by atoms with van der Waals surface area (Å²) in [7, 11) is 0. The lowest BCUT2D eigenvalue weighted by molar-refractivity contribution is -0.134. The lowest BCUT2D eigenvalue weighted by atomic mass is 10.3. The van der Waals surface area contributed by atoms with Crippen LogP contribution in [0.4, 0.5) is 13.2 Å². The smallest absolute Gasteiger partial charge is 0.425 e. The summed E-state index contributed by atoms with van der Waals surface area (Å²) in [6, 6.07) is 2.19. The minimum Gasteiger partial charge on any atom is -0.506 e. The summed E-state index contributed by atoms with van der Waals surface area (Å²) in [5, 5.41) is 9.25. The summed E-state index contributed by atoms with van der Waals surface area (Å²) in [4.78, 5) is 2.98. The highest BCUT2D eigenvalue weighted by Crippen LogP contribution is 2.39. The summed E-state index contributed by atoms with van der Waals surface area (Å²) in [6.45, 7) is 0. The average Bonchev–Trinajstić information content (AvgIpc) is 2.48. The Balaban J connectivity index is 2.69. The van der Waals surface area contributed by atoms with E-state index in [0.29, 0.717) is 11.3 Å². The van der Waals surface area contributed by atoms with Crippen molar-refractivity contribution in [3.8, 4) is 5.75 Å². The highest BCUT2D eigenvalue weighted by Gasteiger charge is 2.33. The average molecular weight is 219 g/mol. The van der Waals surface area contributed by atoms with Gasteiger partial charge in [0.05, 0.1) is 10.2 Å². The van der Waals surface area contributed by atoms with E-state index in [9.17, 15) is 18.3 Å². The van der Waals surface area contributed by atoms with Crippen LogP contribution in [-0.4, -0.2) is 10.1 Å². The number of thiophene rings is 1. The number of hydrogen-bond acceptors (Lipinski definition) is 3. The van der Waals surface area contributed by atoms with Crippen LogP contribution >= 0.6 is 11.3 Å². The monoisotopic (exact) mass is 219 g/mol. The molecule has 0 aliphatic heterocycles. The number of aromatic nitrogens is 1. The van der Waals surface area contributed by atoms with Crippen molar-refractivity contribution in [3.05, 3.63) is 23.2 Å². The number of alkyl halides is 3. The topological polar surface area (TPSA) is 33.1 Å². The van der Waals surface area contributed by atoms with Crippen molar-refractivity contribution >= 4 is 21.6 Å². The fourth-order valence-corrected chi connectivity index (χ4v) is 1.96. The Kier molecular flexibility index (Phi) is 1.88. The van der Waals surface area contributed by atoms with Crippen LogP contribution in [0.2, 0.25) is 0 Å². The first kappa shape index (κ1) is 9.26. The molecule has 0 saturated heterocycles. The van der Waals surface area contributed by atoms with E-state index in [1.165, 1.54) is 12.3 Å². The highest BCUT2D eigenvalue weighted by molar-refractivity contribution is 7.19. The minimum absolute atomic E-state index is 0.167. The van der Waals surface area contributed by atoms with Gasteiger partial charge in [-0.25, -0.2) is 0 Å². The van der Waals surface area contributed by atoms with E-state index < -0.39 is 11.1 Å². The molecule has 2 rings (SSSR count). The van der Waals surface area contributed by atoms with E-state index in [-0.39, 0.29) is 16.0 Å². The summed E-state index contributed by atoms with van der Waals surface area (Å²) < 4.78 is 36.9. The van der Waals surface area contributed by atoms with Gasteiger partial charge in [-0.05, 0) is 12.1 Å². The Morgan fingerprint density at radius 1 is 1.36 bits per heavy atom. The molecule has 74 valence electrons. The Bertz CT molecular complexity index is 477. The fraction of sp³-hybridized carbons (Fsp3) is 0.125. The van der Waals surface area contributed by atoms with Gasteiger partial charge in [0.15, 0.2) is 0 Å². The molecule has 2 heterocycles. The van der Waals surface area contributed by atoms with Gasteiger partial charge in [-0.2, -0.15) is 13.2 Å². The molecule has 1 N–H and O–H groups in total. The van der Waals surface area contributed by atoms with Gasteiger partial charge in [0, 0.05) is 6.20 Å². The largest absolute Gasteiger partial charge is 0.506 e. The molecule has 0 aliphatic carbocycles. The standard InChI is InChI=1S/C8H4F3NOS/c9-8(10,11)6-3-4-7(14-6)5(13)1-2-12-4/h1-3H,(H,12,13). The van der Waals surface area contributed by atoms with Crippen LogP contribution in [0.15, 0.2) is 18.3 Å². The molecule has 2 aromatic rings. The zero-order valence-corrected chi connectivity index (χ0v) is 7.49. The second-order valence-corrected chi connectivity index (χ2v) is 3.71. The van der Waals surface area contributed by atoms with E-state index in [2.05, 4.69) is 4.98 Å². The number of halogens is 3. The number of hydrogen-bond donors (Lipinski definition) is 1. The first-order valence-corrected chi connectivity index (χ1v) is 4.45. The van der Waals surface area contributed by atoms with Crippen molar-refractivity contribution in [1.82, 2.24) is 4.98 Å². The maximum Gasteiger partial charge on any atom is 0.425 e. The second kappa shape index (κ2) is 2.84. The maximum atomic E-state index is 12.3. The van der Waals surface area contributed by atoms with Gasteiger partial charge in [-0.15, -0.1) is 11.3 Å². The summed E-state index contributed by atoms with van der Waals surface area (Å²) >= 11 is 0.493. The minimum atomic E-state index is -4.38. The molecule has 0 amide bonds. The van der Waals surface area contributed by atoms with E-state index in [1.54, 1.807) is 0 Å². The van der Waals surface area contributed by atoms with Gasteiger partial charge < -0.3 is 5.11 Å². The summed E-state index contributed by atoms with van der Waals surface area (Å²) in [5.74, 6) is -0.171. The maximum absolute atomic E-state index is 12.3. The Morgan fingerprint density at radius 3 is 2.64 bits per heavy atom. The van der Waals surface area contributed by atoms with Crippen LogP contribution in [0.1, 0.15) is 4.88 Å². The zero-order valence-electron chi connectivity index (χ0n) is 6.67. The molecule has 0 aliphatic rings. The predicted octanol–water partition coefficient (Wildman–Crippen LogP) is 3.02. The van der Waals surface area contributed by atoms with Gasteiger partial charge in [0.2, 0.25) is 0 Å². The van der Waals surface area contributed by atoms with Crippen LogP contribution in [0.3, 0.4) is 0 Å². The van der Waals surface area contributed by atoms with Crippen LogP contribution in [0, 0.1) is 0 Å². The number of aromatic hydroxyl groups is 1. The Morgan fingerprint density at radius 2 is 2.07 bits per heavy atom. The normalized spacial score (nSPS) is 12.2. The molecule has 0 radical (unpaired) electrons. The number of pyridine rings is 1. The van der Waals surface area contributed by atoms with Gasteiger partial charge in [0.25, 0.3) is 0 Å². The molecular formula is C8H4F3NOS. The van der Waals surface area contributed by atoms with Gasteiger partial charge in [-0.3, -0.25) is 4.98 Å². The molecule has 0 bridgehead atoms. The molecule has 0 saturated carbocycles. The highest BCUT2D eigenvalue weighted by atomic mass is 32.1. The molecule has 2 aromatic heterocycles. The van der Waals surface area contributed by atoms with E-state index in [1.807, 2.05) is 0 Å². The third-order valence-corrected chi connectivity index (χ3v) is 2.86. The van der Waals surface area contributed by atoms with Crippen molar-refractivity contribution < 1.29 is 18.3 Å². The fourth-order valence-electron chi connectivity index (χ4n) is 1.06. The van der Waals surface area contributed by atoms with Crippen LogP contribution in [0.25, 0.3) is 10.2 Å². The second-order valence-electron chi connectivity index (χ2n) is 2.65. The molecule has 6 heteroatoms. The summed E-state index contributed by atoms with van der Waals surface area (Å²) in [5.41, 5.74) is 0.169. The van der Waals surface area contributed by atoms with E-state index >= 15 is 0 Å². The van der Waals surface area contributed by atoms with Crippen molar-refractivity contribution in [3.63, 3.8) is 0 Å². The first-order chi connectivity index (χ1) is 6.48. The van der Waals surface area contributed by atoms with Gasteiger partial charge in [-0.1, -0.05) is 0 Å². The third kappa shape index (κ3) is 1.41. The molecule has 0 atom stereocenters. The summed E-state index contributed by atoms with van der Waals surface area (Å²) in [6.07, 6.45) is -3.11. The first-order valence-electron chi connectivity index (χ1n) is 3.63. The van der Waals surface area contributed by atoms with Gasteiger partial charge >= 0.3 is 6.18 Å². The van der Waals surface area contributed by atoms with E-state index in [4.69, 9.17) is 0 Å². The molecule has 0 fully saturated rings. The zero-order chi connectivity index (χ0) is 10.3. The van der Waals surface area contributed by atoms with Crippen molar-refractivity contribution in [1.29, 1.82) is 0 Å². The molecular weight excluding hydrogens is 215 g/mol. The molecule has 14 heavy (non-hydrogen) atoms. The van der Waals surface area contributed by atoms with Crippen molar-refractivity contribution in [2.45, 2.75) is 6.18 Å². The van der Waals surface area contributed by atoms with E-state index in [0.717, 1.165) is 6.07 Å². The molecule has 0 spiro atoms. The Hall–Kier alpha value is -1.30. The van der Waals surface area contributed by atoms with Crippen LogP contribution in [0.5, 0.6) is 5.75 Å². The number of fused-ring (bicyclic) bond motifs is 1. The van der Waals surface area contributed by atoms with Gasteiger partial charge in [0.1, 0.15) is 10.6 Å². The van der Waals surface area contributed by atoms with Crippen molar-refractivity contribution in [2.24, 2.45) is 0 Å². The molecule has 0 aromatic carbocycles. The van der Waals surface area contributed by atoms with Crippen LogP contribution < -0.4 is 0 Å². The molecule has 0 unspecified atom stereocenters. The van der Waals surface area contributed by atoms with Crippen LogP contribution in [-0.2, 0) is 6.18 Å². The lowest BCUT2D eigenvalue weighted by Gasteiger charge is -1.99. The van der Waals surface area contributed by atoms with Crippen molar-refractivity contribution in [2.75, 3.05) is 0 Å².